The van der Waals surface area contributed by atoms with Gasteiger partial charge in [0, 0.05) is 5.92 Å². The predicted molar refractivity (Wildman–Crippen MR) is 111 cm³/mol. The average Bonchev–Trinajstić information content (AvgIpc) is 2.69. The zero-order valence-corrected chi connectivity index (χ0v) is 18.4. The van der Waals surface area contributed by atoms with Crippen LogP contribution in [0, 0.1) is 5.92 Å². The Hall–Kier alpha value is -0.570. The van der Waals surface area contributed by atoms with Crippen molar-refractivity contribution >= 4 is 5.97 Å². The largest absolute Gasteiger partial charge is 0.456 e. The molecule has 0 amide bonds. The third kappa shape index (κ3) is 11.2. The summed E-state index contributed by atoms with van der Waals surface area (Å²) in [6, 6.07) is 0. The Bertz CT molecular complexity index is 388. The summed E-state index contributed by atoms with van der Waals surface area (Å²) in [7, 11) is 2.26. The summed E-state index contributed by atoms with van der Waals surface area (Å²) in [5.74, 6) is 0.748. The molecule has 0 N–H and O–H groups in total. The second kappa shape index (κ2) is 12.0. The van der Waals surface area contributed by atoms with Gasteiger partial charge in [-0.3, -0.25) is 0 Å². The highest BCUT2D eigenvalue weighted by Crippen LogP contribution is 2.26. The number of esters is 1. The maximum atomic E-state index is 12.3. The third-order valence-corrected chi connectivity index (χ3v) is 5.66. The second-order valence-electron chi connectivity index (χ2n) is 9.90. The van der Waals surface area contributed by atoms with Crippen molar-refractivity contribution in [1.82, 2.24) is 0 Å². The first kappa shape index (κ1) is 23.5. The van der Waals surface area contributed by atoms with E-state index < -0.39 is 0 Å². The molecule has 1 fully saturated rings. The van der Waals surface area contributed by atoms with Gasteiger partial charge in [0.25, 0.3) is 0 Å². The van der Waals surface area contributed by atoms with Gasteiger partial charge in [-0.2, -0.15) is 0 Å². The third-order valence-electron chi connectivity index (χ3n) is 5.66. The molecule has 0 spiro atoms. The Morgan fingerprint density at radius 2 is 1.62 bits per heavy atom. The summed E-state index contributed by atoms with van der Waals surface area (Å²) in [6.45, 7) is 10.9. The Kier molecular flexibility index (Phi) is 10.8. The monoisotopic (exact) mass is 368 g/mol. The zero-order chi connectivity index (χ0) is 19.5. The van der Waals surface area contributed by atoms with Crippen LogP contribution in [0.2, 0.25) is 0 Å². The lowest BCUT2D eigenvalue weighted by Gasteiger charge is -2.35. The van der Waals surface area contributed by atoms with Crippen LogP contribution in [-0.4, -0.2) is 42.7 Å². The van der Waals surface area contributed by atoms with Gasteiger partial charge in [0.15, 0.2) is 6.54 Å². The van der Waals surface area contributed by atoms with E-state index in [-0.39, 0.29) is 11.6 Å². The molecule has 3 heteroatoms. The lowest BCUT2D eigenvalue weighted by atomic mass is 9.95. The molecule has 1 aliphatic rings. The number of ether oxygens (including phenoxy) is 1. The van der Waals surface area contributed by atoms with Crippen molar-refractivity contribution in [1.29, 1.82) is 0 Å². The highest BCUT2D eigenvalue weighted by molar-refractivity contribution is 5.71. The van der Waals surface area contributed by atoms with E-state index in [1.165, 1.54) is 77.0 Å². The van der Waals surface area contributed by atoms with E-state index in [1.54, 1.807) is 0 Å². The smallest absolute Gasteiger partial charge is 0.362 e. The van der Waals surface area contributed by atoms with E-state index in [9.17, 15) is 4.79 Å². The van der Waals surface area contributed by atoms with Crippen molar-refractivity contribution in [3.63, 3.8) is 0 Å². The number of likely N-dealkylation sites (N-methyl/N-ethyl adjacent to an activating group) is 1. The van der Waals surface area contributed by atoms with Gasteiger partial charge in [0.05, 0.1) is 20.1 Å². The fraction of sp³-hybridized carbons (Fsp3) is 0.957. The molecule has 26 heavy (non-hydrogen) atoms. The zero-order valence-electron chi connectivity index (χ0n) is 18.4. The molecular weight excluding hydrogens is 322 g/mol. The molecule has 3 nitrogen and oxygen atoms in total. The molecule has 0 aromatic heterocycles. The second-order valence-corrected chi connectivity index (χ2v) is 9.90. The number of hydrogen-bond acceptors (Lipinski definition) is 2. The van der Waals surface area contributed by atoms with Gasteiger partial charge in [0.1, 0.15) is 5.60 Å². The number of rotatable bonds is 11. The number of nitrogens with zero attached hydrogens (tertiary/aromatic N) is 1. The van der Waals surface area contributed by atoms with Crippen molar-refractivity contribution in [2.24, 2.45) is 5.92 Å². The fourth-order valence-corrected chi connectivity index (χ4v) is 4.36. The molecule has 0 aromatic carbocycles. The minimum Gasteiger partial charge on any atom is -0.456 e. The first-order valence-electron chi connectivity index (χ1n) is 11.3. The summed E-state index contributed by atoms with van der Waals surface area (Å²) < 4.78 is 6.45. The molecule has 0 aromatic rings. The van der Waals surface area contributed by atoms with E-state index in [4.69, 9.17) is 4.74 Å². The van der Waals surface area contributed by atoms with Crippen LogP contribution >= 0.6 is 0 Å². The van der Waals surface area contributed by atoms with Gasteiger partial charge in [-0.05, 0) is 46.5 Å². The van der Waals surface area contributed by atoms with Crippen LogP contribution in [-0.2, 0) is 9.53 Å². The Labute approximate surface area is 163 Å². The summed E-state index contributed by atoms with van der Waals surface area (Å²) in [6.07, 6.45) is 16.4. The molecule has 1 heterocycles. The van der Waals surface area contributed by atoms with E-state index in [1.807, 2.05) is 20.8 Å². The number of hydrogen-bond donors (Lipinski definition) is 0. The van der Waals surface area contributed by atoms with Gasteiger partial charge in [-0.1, -0.05) is 58.3 Å². The molecule has 1 rings (SSSR count). The molecule has 2 atom stereocenters. The summed E-state index contributed by atoms with van der Waals surface area (Å²) in [5, 5.41) is 0. The summed E-state index contributed by atoms with van der Waals surface area (Å²) in [4.78, 5) is 12.3. The summed E-state index contributed by atoms with van der Waals surface area (Å²) in [5.41, 5.74) is -0.376. The quantitative estimate of drug-likeness (QED) is 0.250. The first-order valence-corrected chi connectivity index (χ1v) is 11.3. The van der Waals surface area contributed by atoms with E-state index in [0.717, 1.165) is 23.5 Å². The molecular formula is C23H46NO2+. The van der Waals surface area contributed by atoms with Crippen LogP contribution in [0.25, 0.3) is 0 Å². The topological polar surface area (TPSA) is 26.3 Å². The molecule has 0 radical (unpaired) electrons. The molecule has 1 aliphatic heterocycles. The Morgan fingerprint density at radius 3 is 2.23 bits per heavy atom. The average molecular weight is 369 g/mol. The van der Waals surface area contributed by atoms with Gasteiger partial charge < -0.3 is 9.22 Å². The van der Waals surface area contributed by atoms with Gasteiger partial charge >= 0.3 is 5.97 Å². The first-order chi connectivity index (χ1) is 12.2. The standard InChI is InChI=1S/C23H46NO2/c1-6-7-8-9-10-11-12-13-16-21-17-14-15-18-24(5,19-21)20-22(25)26-23(2,3)4/h21H,6-20H2,1-5H3/q+1. The maximum Gasteiger partial charge on any atom is 0.362 e. The van der Waals surface area contributed by atoms with E-state index in [0.29, 0.717) is 6.54 Å². The predicted octanol–water partition coefficient (Wildman–Crippen LogP) is 6.11. The number of unbranched alkanes of at least 4 members (excludes halogenated alkanes) is 7. The molecule has 2 unspecified atom stereocenters. The van der Waals surface area contributed by atoms with E-state index in [2.05, 4.69) is 14.0 Å². The molecule has 0 saturated carbocycles. The van der Waals surface area contributed by atoms with Gasteiger partial charge in [-0.25, -0.2) is 4.79 Å². The van der Waals surface area contributed by atoms with Crippen molar-refractivity contribution < 1.29 is 14.0 Å². The van der Waals surface area contributed by atoms with Crippen molar-refractivity contribution in [3.8, 4) is 0 Å². The SMILES string of the molecule is CCCCCCCCCCC1CCCC[N+](C)(CC(=O)OC(C)(C)C)C1. The summed E-state index contributed by atoms with van der Waals surface area (Å²) >= 11 is 0. The molecule has 0 aliphatic carbocycles. The minimum absolute atomic E-state index is 0.0345. The van der Waals surface area contributed by atoms with Gasteiger partial charge in [-0.15, -0.1) is 0 Å². The van der Waals surface area contributed by atoms with Crippen LogP contribution in [0.4, 0.5) is 0 Å². The van der Waals surface area contributed by atoms with Gasteiger partial charge in [0.2, 0.25) is 0 Å². The number of carbonyl (C=O) groups excluding carboxylic acids is 1. The van der Waals surface area contributed by atoms with E-state index >= 15 is 0 Å². The van der Waals surface area contributed by atoms with Crippen LogP contribution in [0.1, 0.15) is 105 Å². The number of quaternary nitrogens is 1. The Balaban J connectivity index is 2.30. The number of carbonyl (C=O) groups is 1. The lowest BCUT2D eigenvalue weighted by Crippen LogP contribution is -2.51. The number of likely N-dealkylation sites (tertiary alicyclic amines) is 1. The van der Waals surface area contributed by atoms with Crippen LogP contribution in [0.15, 0.2) is 0 Å². The minimum atomic E-state index is -0.376. The molecule has 154 valence electrons. The molecule has 1 saturated heterocycles. The van der Waals surface area contributed by atoms with Crippen molar-refractivity contribution in [2.75, 3.05) is 26.7 Å². The van der Waals surface area contributed by atoms with Crippen molar-refractivity contribution in [2.45, 2.75) is 110 Å². The highest BCUT2D eigenvalue weighted by Gasteiger charge is 2.33. The normalized spacial score (nSPS) is 24.3. The van der Waals surface area contributed by atoms with Crippen LogP contribution in [0.5, 0.6) is 0 Å². The highest BCUT2D eigenvalue weighted by atomic mass is 16.6. The lowest BCUT2D eigenvalue weighted by molar-refractivity contribution is -0.904. The Morgan fingerprint density at radius 1 is 1.00 bits per heavy atom. The van der Waals surface area contributed by atoms with Crippen LogP contribution < -0.4 is 0 Å². The maximum absolute atomic E-state index is 12.3. The fourth-order valence-electron chi connectivity index (χ4n) is 4.36. The van der Waals surface area contributed by atoms with Crippen LogP contribution in [0.3, 0.4) is 0 Å². The molecule has 0 bridgehead atoms. The van der Waals surface area contributed by atoms with Crippen molar-refractivity contribution in [3.05, 3.63) is 0 Å².